The lowest BCUT2D eigenvalue weighted by molar-refractivity contribution is 0.0956. The van der Waals surface area contributed by atoms with E-state index in [0.29, 0.717) is 18.7 Å². The van der Waals surface area contributed by atoms with Gasteiger partial charge in [-0.1, -0.05) is 12.1 Å². The Morgan fingerprint density at radius 1 is 1.12 bits per heavy atom. The summed E-state index contributed by atoms with van der Waals surface area (Å²) in [6.07, 6.45) is 4.72. The zero-order valence-corrected chi connectivity index (χ0v) is 15.5. The molecule has 2 rings (SSSR count). The molecule has 0 aliphatic rings. The van der Waals surface area contributed by atoms with Crippen LogP contribution in [0.2, 0.25) is 0 Å². The number of hydrogen-bond donors (Lipinski definition) is 3. The van der Waals surface area contributed by atoms with Gasteiger partial charge in [0.15, 0.2) is 5.96 Å². The number of nitrogens with zero attached hydrogens (tertiary/aromatic N) is 3. The number of carbonyl (C=O) groups is 1. The number of aromatic nitrogens is 2. The van der Waals surface area contributed by atoms with Gasteiger partial charge in [-0.05, 0) is 44.0 Å². The first-order valence-electron chi connectivity index (χ1n) is 9.09. The molecule has 0 saturated carbocycles. The molecule has 1 amide bonds. The quantitative estimate of drug-likeness (QED) is 0.363. The van der Waals surface area contributed by atoms with E-state index in [1.807, 2.05) is 55.1 Å². The van der Waals surface area contributed by atoms with Gasteiger partial charge < -0.3 is 16.0 Å². The highest BCUT2D eigenvalue weighted by molar-refractivity contribution is 5.94. The molecular weight excluding hydrogens is 328 g/mol. The molecule has 1 aromatic carbocycles. The SMILES string of the molecule is CCNC(=O)c1ccc(CN=C(NCC)NCCCn2cccn2)cc1. The Labute approximate surface area is 154 Å². The highest BCUT2D eigenvalue weighted by Crippen LogP contribution is 2.06. The summed E-state index contributed by atoms with van der Waals surface area (Å²) in [5, 5.41) is 13.6. The summed E-state index contributed by atoms with van der Waals surface area (Å²) in [7, 11) is 0. The molecular formula is C19H28N6O. The average Bonchev–Trinajstić information content (AvgIpc) is 3.17. The van der Waals surface area contributed by atoms with Crippen LogP contribution in [0.25, 0.3) is 0 Å². The molecule has 7 heteroatoms. The second-order valence-electron chi connectivity index (χ2n) is 5.80. The third kappa shape index (κ3) is 6.58. The van der Waals surface area contributed by atoms with Crippen molar-refractivity contribution < 1.29 is 4.79 Å². The average molecular weight is 356 g/mol. The Morgan fingerprint density at radius 3 is 2.54 bits per heavy atom. The second kappa shape index (κ2) is 10.9. The maximum atomic E-state index is 11.8. The largest absolute Gasteiger partial charge is 0.357 e. The van der Waals surface area contributed by atoms with E-state index in [2.05, 4.69) is 26.0 Å². The third-order valence-electron chi connectivity index (χ3n) is 3.73. The van der Waals surface area contributed by atoms with Gasteiger partial charge in [-0.3, -0.25) is 9.48 Å². The van der Waals surface area contributed by atoms with Crippen molar-refractivity contribution in [2.45, 2.75) is 33.4 Å². The van der Waals surface area contributed by atoms with Gasteiger partial charge in [0.1, 0.15) is 0 Å². The Balaban J connectivity index is 1.82. The minimum absolute atomic E-state index is 0.0465. The van der Waals surface area contributed by atoms with Crippen molar-refractivity contribution in [2.75, 3.05) is 19.6 Å². The summed E-state index contributed by atoms with van der Waals surface area (Å²) in [5.41, 5.74) is 1.73. The standard InChI is InChI=1S/C19H28N6O/c1-3-20-18(26)17-9-7-16(8-10-17)15-23-19(21-4-2)22-11-5-13-25-14-6-12-24-25/h6-10,12,14H,3-5,11,13,15H2,1-2H3,(H,20,26)(H2,21,22,23). The molecule has 0 spiro atoms. The molecule has 2 aromatic rings. The first-order valence-corrected chi connectivity index (χ1v) is 9.09. The number of rotatable bonds is 9. The number of benzene rings is 1. The van der Waals surface area contributed by atoms with E-state index in [-0.39, 0.29) is 5.91 Å². The van der Waals surface area contributed by atoms with Gasteiger partial charge >= 0.3 is 0 Å². The van der Waals surface area contributed by atoms with Gasteiger partial charge in [0.05, 0.1) is 6.54 Å². The Bertz CT molecular complexity index is 679. The van der Waals surface area contributed by atoms with E-state index in [0.717, 1.165) is 37.6 Å². The van der Waals surface area contributed by atoms with Crippen LogP contribution in [-0.2, 0) is 13.1 Å². The minimum atomic E-state index is -0.0465. The van der Waals surface area contributed by atoms with Crippen molar-refractivity contribution in [3.05, 3.63) is 53.9 Å². The molecule has 0 saturated heterocycles. The van der Waals surface area contributed by atoms with Crippen LogP contribution in [0.5, 0.6) is 0 Å². The molecule has 1 aromatic heterocycles. The summed E-state index contributed by atoms with van der Waals surface area (Å²) < 4.78 is 1.92. The third-order valence-corrected chi connectivity index (χ3v) is 3.73. The fraction of sp³-hybridized carbons (Fsp3) is 0.421. The van der Waals surface area contributed by atoms with Crippen LogP contribution in [-0.4, -0.2) is 41.3 Å². The number of amides is 1. The highest BCUT2D eigenvalue weighted by Gasteiger charge is 2.03. The monoisotopic (exact) mass is 356 g/mol. The molecule has 0 bridgehead atoms. The molecule has 3 N–H and O–H groups in total. The van der Waals surface area contributed by atoms with Crippen LogP contribution >= 0.6 is 0 Å². The van der Waals surface area contributed by atoms with Crippen LogP contribution in [0.3, 0.4) is 0 Å². The van der Waals surface area contributed by atoms with Crippen molar-refractivity contribution in [1.82, 2.24) is 25.7 Å². The summed E-state index contributed by atoms with van der Waals surface area (Å²) >= 11 is 0. The van der Waals surface area contributed by atoms with Crippen LogP contribution in [0.15, 0.2) is 47.7 Å². The summed E-state index contributed by atoms with van der Waals surface area (Å²) in [6.45, 7) is 7.64. The molecule has 7 nitrogen and oxygen atoms in total. The molecule has 0 radical (unpaired) electrons. The molecule has 0 unspecified atom stereocenters. The van der Waals surface area contributed by atoms with Gasteiger partial charge in [0.25, 0.3) is 5.91 Å². The van der Waals surface area contributed by atoms with Crippen molar-refractivity contribution in [3.63, 3.8) is 0 Å². The lowest BCUT2D eigenvalue weighted by Crippen LogP contribution is -2.38. The van der Waals surface area contributed by atoms with E-state index in [9.17, 15) is 4.79 Å². The fourth-order valence-electron chi connectivity index (χ4n) is 2.42. The Kier molecular flexibility index (Phi) is 8.18. The molecule has 140 valence electrons. The van der Waals surface area contributed by atoms with Crippen molar-refractivity contribution >= 4 is 11.9 Å². The molecule has 0 atom stereocenters. The smallest absolute Gasteiger partial charge is 0.251 e. The molecule has 1 heterocycles. The highest BCUT2D eigenvalue weighted by atomic mass is 16.1. The van der Waals surface area contributed by atoms with Gasteiger partial charge in [0, 0.05) is 44.1 Å². The zero-order chi connectivity index (χ0) is 18.6. The maximum Gasteiger partial charge on any atom is 0.251 e. The van der Waals surface area contributed by atoms with Crippen LogP contribution in [0, 0.1) is 0 Å². The van der Waals surface area contributed by atoms with Gasteiger partial charge in [0.2, 0.25) is 0 Å². The van der Waals surface area contributed by atoms with Crippen LogP contribution in [0.4, 0.5) is 0 Å². The lowest BCUT2D eigenvalue weighted by atomic mass is 10.1. The number of aliphatic imine (C=N–C) groups is 1. The summed E-state index contributed by atoms with van der Waals surface area (Å²) in [4.78, 5) is 16.4. The predicted molar refractivity (Wildman–Crippen MR) is 104 cm³/mol. The molecule has 0 aliphatic heterocycles. The first kappa shape index (κ1) is 19.5. The summed E-state index contributed by atoms with van der Waals surface area (Å²) in [5.74, 6) is 0.746. The number of aryl methyl sites for hydroxylation is 1. The van der Waals surface area contributed by atoms with E-state index in [1.165, 1.54) is 0 Å². The topological polar surface area (TPSA) is 83.3 Å². The summed E-state index contributed by atoms with van der Waals surface area (Å²) in [6, 6.07) is 9.47. The van der Waals surface area contributed by atoms with Crippen molar-refractivity contribution in [2.24, 2.45) is 4.99 Å². The van der Waals surface area contributed by atoms with Gasteiger partial charge in [-0.15, -0.1) is 0 Å². The van der Waals surface area contributed by atoms with Gasteiger partial charge in [-0.25, -0.2) is 4.99 Å². The van der Waals surface area contributed by atoms with Crippen molar-refractivity contribution in [1.29, 1.82) is 0 Å². The molecule has 0 aliphatic carbocycles. The first-order chi connectivity index (χ1) is 12.7. The number of carbonyl (C=O) groups excluding carboxylic acids is 1. The van der Waals surface area contributed by atoms with Crippen molar-refractivity contribution in [3.8, 4) is 0 Å². The molecule has 26 heavy (non-hydrogen) atoms. The number of guanidine groups is 1. The van der Waals surface area contributed by atoms with Gasteiger partial charge in [-0.2, -0.15) is 5.10 Å². The predicted octanol–water partition coefficient (Wildman–Crippen LogP) is 1.78. The Hall–Kier alpha value is -2.83. The van der Waals surface area contributed by atoms with Crippen LogP contribution in [0.1, 0.15) is 36.2 Å². The molecule has 0 fully saturated rings. The lowest BCUT2D eigenvalue weighted by Gasteiger charge is -2.11. The maximum absolute atomic E-state index is 11.8. The van der Waals surface area contributed by atoms with E-state index < -0.39 is 0 Å². The van der Waals surface area contributed by atoms with E-state index >= 15 is 0 Å². The zero-order valence-electron chi connectivity index (χ0n) is 15.5. The normalized spacial score (nSPS) is 11.2. The minimum Gasteiger partial charge on any atom is -0.357 e. The van der Waals surface area contributed by atoms with E-state index in [4.69, 9.17) is 0 Å². The van der Waals surface area contributed by atoms with E-state index in [1.54, 1.807) is 6.20 Å². The van der Waals surface area contributed by atoms with Crippen LogP contribution < -0.4 is 16.0 Å². The fourth-order valence-corrected chi connectivity index (χ4v) is 2.42. The number of hydrogen-bond acceptors (Lipinski definition) is 3. The second-order valence-corrected chi connectivity index (χ2v) is 5.80. The number of nitrogens with one attached hydrogen (secondary N) is 3. The Morgan fingerprint density at radius 2 is 1.88 bits per heavy atom.